The molecule has 3 aromatic carbocycles. The van der Waals surface area contributed by atoms with Gasteiger partial charge in [0.25, 0.3) is 0 Å². The molecule has 162 valence electrons. The minimum atomic E-state index is 0.114. The van der Waals surface area contributed by atoms with E-state index in [0.717, 1.165) is 48.3 Å². The summed E-state index contributed by atoms with van der Waals surface area (Å²) in [6, 6.07) is 24.8. The van der Waals surface area contributed by atoms with Crippen LogP contribution in [-0.2, 0) is 6.61 Å². The van der Waals surface area contributed by atoms with Gasteiger partial charge >= 0.3 is 0 Å². The van der Waals surface area contributed by atoms with Gasteiger partial charge in [-0.15, -0.1) is 0 Å². The maximum absolute atomic E-state index is 6.35. The fraction of sp³-hybridized carbons (Fsp3) is 0.308. The molecule has 5 heteroatoms. The molecule has 0 spiro atoms. The summed E-state index contributed by atoms with van der Waals surface area (Å²) in [5, 5.41) is 4.20. The number of halogens is 1. The third-order valence-electron chi connectivity index (χ3n) is 5.50. The highest BCUT2D eigenvalue weighted by Crippen LogP contribution is 2.36. The highest BCUT2D eigenvalue weighted by atomic mass is 35.5. The van der Waals surface area contributed by atoms with Crippen LogP contribution in [0, 0.1) is 0 Å². The maximum atomic E-state index is 6.35. The Bertz CT molecular complexity index is 974. The van der Waals surface area contributed by atoms with Gasteiger partial charge in [0.15, 0.2) is 11.5 Å². The van der Waals surface area contributed by atoms with E-state index in [4.69, 9.17) is 21.1 Å². The average Bonchev–Trinajstić information content (AvgIpc) is 2.80. The second kappa shape index (κ2) is 10.7. The van der Waals surface area contributed by atoms with Crippen molar-refractivity contribution in [3.05, 3.63) is 94.5 Å². The fourth-order valence-corrected chi connectivity index (χ4v) is 4.25. The normalized spacial score (nSPS) is 15.4. The lowest BCUT2D eigenvalue weighted by Gasteiger charge is -2.36. The van der Waals surface area contributed by atoms with Gasteiger partial charge in [0.1, 0.15) is 6.61 Å². The Kier molecular flexibility index (Phi) is 7.47. The lowest BCUT2D eigenvalue weighted by Crippen LogP contribution is -2.45. The van der Waals surface area contributed by atoms with E-state index in [2.05, 4.69) is 46.6 Å². The zero-order valence-electron chi connectivity index (χ0n) is 17.9. The molecule has 1 unspecified atom stereocenters. The molecule has 1 atom stereocenters. The molecule has 0 radical (unpaired) electrons. The Morgan fingerprint density at radius 1 is 0.871 bits per heavy atom. The first kappa shape index (κ1) is 21.7. The molecular formula is C26H29ClN2O2. The molecule has 1 heterocycles. The molecule has 1 aliphatic heterocycles. The van der Waals surface area contributed by atoms with Crippen LogP contribution in [0.4, 0.5) is 0 Å². The number of hydrogen-bond acceptors (Lipinski definition) is 4. The summed E-state index contributed by atoms with van der Waals surface area (Å²) in [4.78, 5) is 2.50. The summed E-state index contributed by atoms with van der Waals surface area (Å²) in [6.07, 6.45) is 0. The molecule has 0 saturated carbocycles. The van der Waals surface area contributed by atoms with Crippen LogP contribution in [0.1, 0.15) is 29.7 Å². The Balaban J connectivity index is 1.65. The van der Waals surface area contributed by atoms with Gasteiger partial charge < -0.3 is 14.8 Å². The third-order valence-corrected chi connectivity index (χ3v) is 5.74. The van der Waals surface area contributed by atoms with Gasteiger partial charge in [0.2, 0.25) is 0 Å². The molecule has 1 N–H and O–H groups in total. The van der Waals surface area contributed by atoms with Gasteiger partial charge in [-0.2, -0.15) is 0 Å². The fourth-order valence-electron chi connectivity index (χ4n) is 4.05. The summed E-state index contributed by atoms with van der Waals surface area (Å²) in [5.74, 6) is 1.54. The topological polar surface area (TPSA) is 33.7 Å². The molecule has 0 bridgehead atoms. The first-order chi connectivity index (χ1) is 15.2. The SMILES string of the molecule is CCOc1cc(C(c2cccc(Cl)c2)N2CCNCC2)ccc1OCc1ccccc1. The Morgan fingerprint density at radius 2 is 1.65 bits per heavy atom. The lowest BCUT2D eigenvalue weighted by molar-refractivity contribution is 0.197. The standard InChI is InChI=1S/C26H29ClN2O2/c1-2-30-25-18-22(11-12-24(25)31-19-20-7-4-3-5-8-20)26(29-15-13-28-14-16-29)21-9-6-10-23(27)17-21/h3-12,17-18,26,28H,2,13-16,19H2,1H3. The van der Waals surface area contributed by atoms with Gasteiger partial charge in [-0.25, -0.2) is 0 Å². The van der Waals surface area contributed by atoms with E-state index in [-0.39, 0.29) is 6.04 Å². The zero-order valence-corrected chi connectivity index (χ0v) is 18.6. The van der Waals surface area contributed by atoms with E-state index in [0.29, 0.717) is 13.2 Å². The van der Waals surface area contributed by atoms with Crippen LogP contribution in [0.2, 0.25) is 5.02 Å². The number of ether oxygens (including phenoxy) is 2. The van der Waals surface area contributed by atoms with Crippen molar-refractivity contribution in [2.45, 2.75) is 19.6 Å². The van der Waals surface area contributed by atoms with E-state index in [9.17, 15) is 0 Å². The second-order valence-corrected chi connectivity index (χ2v) is 8.09. The van der Waals surface area contributed by atoms with Crippen LogP contribution < -0.4 is 14.8 Å². The van der Waals surface area contributed by atoms with Crippen molar-refractivity contribution >= 4 is 11.6 Å². The first-order valence-corrected chi connectivity index (χ1v) is 11.3. The number of benzene rings is 3. The predicted octanol–water partition coefficient (Wildman–Crippen LogP) is 5.31. The smallest absolute Gasteiger partial charge is 0.161 e. The van der Waals surface area contributed by atoms with Crippen molar-refractivity contribution in [1.82, 2.24) is 10.2 Å². The summed E-state index contributed by atoms with van der Waals surface area (Å²) in [7, 11) is 0. The molecule has 0 aromatic heterocycles. The minimum Gasteiger partial charge on any atom is -0.490 e. The van der Waals surface area contributed by atoms with Crippen LogP contribution >= 0.6 is 11.6 Å². The van der Waals surface area contributed by atoms with Crippen molar-refractivity contribution in [3.63, 3.8) is 0 Å². The number of rotatable bonds is 8. The summed E-state index contributed by atoms with van der Waals surface area (Å²) >= 11 is 6.35. The average molecular weight is 437 g/mol. The van der Waals surface area contributed by atoms with Gasteiger partial charge in [0, 0.05) is 31.2 Å². The van der Waals surface area contributed by atoms with Crippen molar-refractivity contribution in [2.75, 3.05) is 32.8 Å². The van der Waals surface area contributed by atoms with E-state index >= 15 is 0 Å². The van der Waals surface area contributed by atoms with Gasteiger partial charge in [0.05, 0.1) is 12.6 Å². The molecule has 31 heavy (non-hydrogen) atoms. The number of nitrogens with zero attached hydrogens (tertiary/aromatic N) is 1. The van der Waals surface area contributed by atoms with Gasteiger partial charge in [-0.3, -0.25) is 4.90 Å². The first-order valence-electron chi connectivity index (χ1n) is 10.9. The molecule has 0 amide bonds. The Labute approximate surface area is 189 Å². The highest BCUT2D eigenvalue weighted by molar-refractivity contribution is 6.30. The Hall–Kier alpha value is -2.53. The molecule has 4 nitrogen and oxygen atoms in total. The van der Waals surface area contributed by atoms with Gasteiger partial charge in [-0.1, -0.05) is 60.1 Å². The molecule has 4 rings (SSSR count). The van der Waals surface area contributed by atoms with Crippen molar-refractivity contribution in [2.24, 2.45) is 0 Å². The minimum absolute atomic E-state index is 0.114. The maximum Gasteiger partial charge on any atom is 0.161 e. The monoisotopic (exact) mass is 436 g/mol. The molecule has 1 fully saturated rings. The molecule has 1 saturated heterocycles. The predicted molar refractivity (Wildman–Crippen MR) is 126 cm³/mol. The molecule has 1 aliphatic rings. The quantitative estimate of drug-likeness (QED) is 0.518. The van der Waals surface area contributed by atoms with Crippen LogP contribution in [-0.4, -0.2) is 37.7 Å². The van der Waals surface area contributed by atoms with E-state index in [1.54, 1.807) is 0 Å². The number of hydrogen-bond donors (Lipinski definition) is 1. The summed E-state index contributed by atoms with van der Waals surface area (Å²) in [6.45, 7) is 7.01. The van der Waals surface area contributed by atoms with Crippen LogP contribution in [0.3, 0.4) is 0 Å². The van der Waals surface area contributed by atoms with E-state index < -0.39 is 0 Å². The largest absolute Gasteiger partial charge is 0.490 e. The van der Waals surface area contributed by atoms with Crippen molar-refractivity contribution < 1.29 is 9.47 Å². The molecule has 0 aliphatic carbocycles. The van der Waals surface area contributed by atoms with Crippen LogP contribution in [0.25, 0.3) is 0 Å². The number of piperazine rings is 1. The third kappa shape index (κ3) is 5.59. The summed E-state index contributed by atoms with van der Waals surface area (Å²) in [5.41, 5.74) is 3.50. The van der Waals surface area contributed by atoms with E-state index in [1.807, 2.05) is 43.3 Å². The Morgan fingerprint density at radius 3 is 2.39 bits per heavy atom. The number of nitrogens with one attached hydrogen (secondary N) is 1. The van der Waals surface area contributed by atoms with Crippen molar-refractivity contribution in [1.29, 1.82) is 0 Å². The summed E-state index contributed by atoms with van der Waals surface area (Å²) < 4.78 is 12.1. The highest BCUT2D eigenvalue weighted by Gasteiger charge is 2.25. The zero-order chi connectivity index (χ0) is 21.5. The van der Waals surface area contributed by atoms with E-state index in [1.165, 1.54) is 11.1 Å². The lowest BCUT2D eigenvalue weighted by atomic mass is 9.96. The van der Waals surface area contributed by atoms with Crippen molar-refractivity contribution in [3.8, 4) is 11.5 Å². The molecular weight excluding hydrogens is 408 g/mol. The van der Waals surface area contributed by atoms with Crippen LogP contribution in [0.15, 0.2) is 72.8 Å². The van der Waals surface area contributed by atoms with Crippen LogP contribution in [0.5, 0.6) is 11.5 Å². The molecule has 3 aromatic rings. The second-order valence-electron chi connectivity index (χ2n) is 7.66. The van der Waals surface area contributed by atoms with Gasteiger partial charge in [-0.05, 0) is 47.9 Å².